The van der Waals surface area contributed by atoms with Gasteiger partial charge in [0.1, 0.15) is 6.61 Å². The number of Topliss-reactive ketones (excluding diaryl/α,β-unsaturated/α-hetero) is 1. The molecule has 2 nitrogen and oxygen atoms in total. The van der Waals surface area contributed by atoms with Crippen LogP contribution in [0.25, 0.3) is 0 Å². The highest BCUT2D eigenvalue weighted by molar-refractivity contribution is 7.14. The molecule has 3 heteroatoms. The zero-order valence-electron chi connectivity index (χ0n) is 6.59. The molecular formula is C8H10O2S. The Bertz CT molecular complexity index is 252. The molecular weight excluding hydrogens is 160 g/mol. The van der Waals surface area contributed by atoms with Crippen molar-refractivity contribution < 1.29 is 9.53 Å². The van der Waals surface area contributed by atoms with Gasteiger partial charge in [-0.25, -0.2) is 0 Å². The summed E-state index contributed by atoms with van der Waals surface area (Å²) in [5.74, 6) is 0.0607. The van der Waals surface area contributed by atoms with Gasteiger partial charge in [-0.2, -0.15) is 0 Å². The Morgan fingerprint density at radius 2 is 2.36 bits per heavy atom. The number of carbonyl (C=O) groups excluding carboxylic acids is 1. The molecule has 0 unspecified atom stereocenters. The molecule has 0 N–H and O–H groups in total. The molecule has 1 aromatic heterocycles. The van der Waals surface area contributed by atoms with E-state index in [1.807, 2.05) is 19.1 Å². The topological polar surface area (TPSA) is 26.3 Å². The average molecular weight is 170 g/mol. The molecule has 0 radical (unpaired) electrons. The van der Waals surface area contributed by atoms with Crippen LogP contribution in [-0.2, 0) is 4.74 Å². The van der Waals surface area contributed by atoms with Gasteiger partial charge < -0.3 is 4.74 Å². The quantitative estimate of drug-likeness (QED) is 0.647. The van der Waals surface area contributed by atoms with Crippen molar-refractivity contribution >= 4 is 17.1 Å². The predicted molar refractivity (Wildman–Crippen MR) is 45.3 cm³/mol. The number of hydrogen-bond donors (Lipinski definition) is 0. The van der Waals surface area contributed by atoms with Crippen molar-refractivity contribution in [2.24, 2.45) is 0 Å². The smallest absolute Gasteiger partial charge is 0.198 e. The summed E-state index contributed by atoms with van der Waals surface area (Å²) in [5.41, 5.74) is 0. The Hall–Kier alpha value is -0.670. The second-order valence-corrected chi connectivity index (χ2v) is 3.55. The zero-order chi connectivity index (χ0) is 8.27. The lowest BCUT2D eigenvalue weighted by molar-refractivity contribution is 0.0852. The van der Waals surface area contributed by atoms with Gasteiger partial charge in [0.2, 0.25) is 0 Å². The molecule has 1 aromatic rings. The predicted octanol–water partition coefficient (Wildman–Crippen LogP) is 1.89. The van der Waals surface area contributed by atoms with Gasteiger partial charge in [-0.15, -0.1) is 11.3 Å². The van der Waals surface area contributed by atoms with E-state index in [0.29, 0.717) is 0 Å². The highest BCUT2D eigenvalue weighted by Crippen LogP contribution is 2.15. The molecule has 1 rings (SSSR count). The monoisotopic (exact) mass is 170 g/mol. The van der Waals surface area contributed by atoms with Crippen LogP contribution in [0.4, 0.5) is 0 Å². The normalized spacial score (nSPS) is 10.0. The highest BCUT2D eigenvalue weighted by Gasteiger charge is 2.06. The molecule has 0 saturated carbocycles. The van der Waals surface area contributed by atoms with Gasteiger partial charge in [-0.3, -0.25) is 4.79 Å². The Balaban J connectivity index is 2.69. The maximum absolute atomic E-state index is 11.1. The van der Waals surface area contributed by atoms with Crippen molar-refractivity contribution in [3.05, 3.63) is 21.9 Å². The molecule has 0 aliphatic carbocycles. The first-order valence-corrected chi connectivity index (χ1v) is 4.14. The summed E-state index contributed by atoms with van der Waals surface area (Å²) < 4.78 is 4.72. The highest BCUT2D eigenvalue weighted by atomic mass is 32.1. The third-order valence-electron chi connectivity index (χ3n) is 1.29. The van der Waals surface area contributed by atoms with Crippen LogP contribution >= 0.6 is 11.3 Å². The van der Waals surface area contributed by atoms with Crippen molar-refractivity contribution in [3.63, 3.8) is 0 Å². The van der Waals surface area contributed by atoms with Crippen LogP contribution < -0.4 is 0 Å². The Labute approximate surface area is 69.8 Å². The summed E-state index contributed by atoms with van der Waals surface area (Å²) in [6.07, 6.45) is 0. The summed E-state index contributed by atoms with van der Waals surface area (Å²) in [6, 6.07) is 3.77. The Kier molecular flexibility index (Phi) is 2.79. The fraction of sp³-hybridized carbons (Fsp3) is 0.375. The number of ketones is 1. The van der Waals surface area contributed by atoms with Gasteiger partial charge in [-0.1, -0.05) is 0 Å². The van der Waals surface area contributed by atoms with Gasteiger partial charge in [0.25, 0.3) is 0 Å². The van der Waals surface area contributed by atoms with Crippen LogP contribution in [0.3, 0.4) is 0 Å². The molecule has 0 atom stereocenters. The molecule has 0 fully saturated rings. The minimum atomic E-state index is 0.0607. The van der Waals surface area contributed by atoms with E-state index in [2.05, 4.69) is 0 Å². The maximum Gasteiger partial charge on any atom is 0.198 e. The number of ether oxygens (including phenoxy) is 1. The van der Waals surface area contributed by atoms with E-state index < -0.39 is 0 Å². The van der Waals surface area contributed by atoms with Gasteiger partial charge in [0.05, 0.1) is 4.88 Å². The first-order valence-electron chi connectivity index (χ1n) is 3.32. The summed E-state index contributed by atoms with van der Waals surface area (Å²) >= 11 is 1.51. The number of aryl methyl sites for hydroxylation is 1. The standard InChI is InChI=1S/C8H10O2S/c1-6-3-4-8(11-6)7(9)5-10-2/h3-4H,5H2,1-2H3. The molecule has 11 heavy (non-hydrogen) atoms. The molecule has 0 aromatic carbocycles. The lowest BCUT2D eigenvalue weighted by Gasteiger charge is -1.92. The number of methoxy groups -OCH3 is 1. The SMILES string of the molecule is COCC(=O)c1ccc(C)s1. The minimum absolute atomic E-state index is 0.0607. The third-order valence-corrected chi connectivity index (χ3v) is 2.33. The lowest BCUT2D eigenvalue weighted by Crippen LogP contribution is -2.04. The van der Waals surface area contributed by atoms with Crippen molar-refractivity contribution in [1.82, 2.24) is 0 Å². The Morgan fingerprint density at radius 3 is 2.82 bits per heavy atom. The Morgan fingerprint density at radius 1 is 1.64 bits per heavy atom. The number of rotatable bonds is 3. The fourth-order valence-electron chi connectivity index (χ4n) is 0.787. The molecule has 0 saturated heterocycles. The van der Waals surface area contributed by atoms with Crippen molar-refractivity contribution in [2.75, 3.05) is 13.7 Å². The first kappa shape index (κ1) is 8.43. The van der Waals surface area contributed by atoms with E-state index in [-0.39, 0.29) is 12.4 Å². The molecule has 1 heterocycles. The van der Waals surface area contributed by atoms with E-state index in [0.717, 1.165) is 9.75 Å². The van der Waals surface area contributed by atoms with Crippen molar-refractivity contribution in [3.8, 4) is 0 Å². The second kappa shape index (κ2) is 3.64. The van der Waals surface area contributed by atoms with Gasteiger partial charge in [0.15, 0.2) is 5.78 Å². The van der Waals surface area contributed by atoms with Gasteiger partial charge in [0, 0.05) is 12.0 Å². The van der Waals surface area contributed by atoms with Crippen LogP contribution in [0.15, 0.2) is 12.1 Å². The molecule has 0 amide bonds. The van der Waals surface area contributed by atoms with E-state index in [1.54, 1.807) is 0 Å². The molecule has 60 valence electrons. The largest absolute Gasteiger partial charge is 0.376 e. The summed E-state index contributed by atoms with van der Waals surface area (Å²) in [7, 11) is 1.53. The van der Waals surface area contributed by atoms with Crippen molar-refractivity contribution in [1.29, 1.82) is 0 Å². The van der Waals surface area contributed by atoms with Crippen LogP contribution in [0.2, 0.25) is 0 Å². The fourth-order valence-corrected chi connectivity index (χ4v) is 1.58. The first-order chi connectivity index (χ1) is 5.24. The van der Waals surface area contributed by atoms with Crippen LogP contribution in [0, 0.1) is 6.92 Å². The van der Waals surface area contributed by atoms with Crippen molar-refractivity contribution in [2.45, 2.75) is 6.92 Å². The molecule has 0 aliphatic rings. The van der Waals surface area contributed by atoms with E-state index in [9.17, 15) is 4.79 Å². The zero-order valence-corrected chi connectivity index (χ0v) is 7.40. The van der Waals surface area contributed by atoms with Gasteiger partial charge >= 0.3 is 0 Å². The minimum Gasteiger partial charge on any atom is -0.376 e. The lowest BCUT2D eigenvalue weighted by atomic mass is 10.3. The van der Waals surface area contributed by atoms with E-state index in [4.69, 9.17) is 4.74 Å². The molecule has 0 bridgehead atoms. The van der Waals surface area contributed by atoms with E-state index >= 15 is 0 Å². The summed E-state index contributed by atoms with van der Waals surface area (Å²) in [6.45, 7) is 2.16. The molecule has 0 spiro atoms. The molecule has 0 aliphatic heterocycles. The van der Waals surface area contributed by atoms with Crippen LogP contribution in [0.1, 0.15) is 14.5 Å². The third kappa shape index (κ3) is 2.13. The number of hydrogen-bond acceptors (Lipinski definition) is 3. The van der Waals surface area contributed by atoms with Crippen LogP contribution in [-0.4, -0.2) is 19.5 Å². The number of carbonyl (C=O) groups is 1. The number of thiophene rings is 1. The second-order valence-electron chi connectivity index (χ2n) is 2.27. The maximum atomic E-state index is 11.1. The average Bonchev–Trinajstić information content (AvgIpc) is 2.36. The van der Waals surface area contributed by atoms with E-state index in [1.165, 1.54) is 18.4 Å². The van der Waals surface area contributed by atoms with Crippen LogP contribution in [0.5, 0.6) is 0 Å². The summed E-state index contributed by atoms with van der Waals surface area (Å²) in [5, 5.41) is 0. The van der Waals surface area contributed by atoms with Gasteiger partial charge in [-0.05, 0) is 19.1 Å². The summed E-state index contributed by atoms with van der Waals surface area (Å²) in [4.78, 5) is 13.1.